The first kappa shape index (κ1) is 12.8. The Morgan fingerprint density at radius 1 is 1.20 bits per heavy atom. The molecule has 0 aliphatic heterocycles. The molecule has 1 heterocycles. The van der Waals surface area contributed by atoms with E-state index in [1.54, 1.807) is 0 Å². The van der Waals surface area contributed by atoms with E-state index in [-0.39, 0.29) is 5.69 Å². The second kappa shape index (κ2) is 4.70. The maximum absolute atomic E-state index is 13.3. The number of nitrogens with zero attached hydrogens (tertiary/aromatic N) is 2. The molecule has 0 amide bonds. The minimum atomic E-state index is -1.09. The summed E-state index contributed by atoms with van der Waals surface area (Å²) in [5.41, 5.74) is 1.83. The number of benzene rings is 1. The summed E-state index contributed by atoms with van der Waals surface area (Å²) in [7, 11) is 0. The number of carboxylic acid groups (broad SMARTS) is 1. The van der Waals surface area contributed by atoms with Gasteiger partial charge in [-0.3, -0.25) is 0 Å². The monoisotopic (exact) mass is 278 g/mol. The maximum atomic E-state index is 13.3. The summed E-state index contributed by atoms with van der Waals surface area (Å²) in [6.45, 7) is 0. The third-order valence-corrected chi connectivity index (χ3v) is 3.53. The molecule has 0 fully saturated rings. The highest BCUT2D eigenvalue weighted by atomic mass is 19.2. The van der Waals surface area contributed by atoms with Crippen molar-refractivity contribution in [3.63, 3.8) is 0 Å². The van der Waals surface area contributed by atoms with Crippen LogP contribution < -0.4 is 0 Å². The molecule has 6 heteroatoms. The first-order chi connectivity index (χ1) is 9.58. The largest absolute Gasteiger partial charge is 0.476 e. The lowest BCUT2D eigenvalue weighted by molar-refractivity contribution is 0.0688. The lowest BCUT2D eigenvalue weighted by Crippen LogP contribution is -2.08. The Morgan fingerprint density at radius 3 is 2.65 bits per heavy atom. The van der Waals surface area contributed by atoms with E-state index < -0.39 is 17.6 Å². The van der Waals surface area contributed by atoms with Crippen LogP contribution in [-0.2, 0) is 12.8 Å². The quantitative estimate of drug-likeness (QED) is 0.919. The predicted octanol–water partition coefficient (Wildman–Crippen LogP) is 2.73. The van der Waals surface area contributed by atoms with Gasteiger partial charge in [-0.2, -0.15) is 5.10 Å². The summed E-state index contributed by atoms with van der Waals surface area (Å²) >= 11 is 0. The van der Waals surface area contributed by atoms with E-state index >= 15 is 0 Å². The van der Waals surface area contributed by atoms with Crippen molar-refractivity contribution in [2.45, 2.75) is 25.7 Å². The average molecular weight is 278 g/mol. The second-order valence-electron chi connectivity index (χ2n) is 4.80. The van der Waals surface area contributed by atoms with Crippen LogP contribution in [0, 0.1) is 11.6 Å². The van der Waals surface area contributed by atoms with E-state index in [4.69, 9.17) is 0 Å². The molecule has 2 aromatic rings. The smallest absolute Gasteiger partial charge is 0.356 e. The zero-order chi connectivity index (χ0) is 14.3. The van der Waals surface area contributed by atoms with Crippen molar-refractivity contribution in [1.29, 1.82) is 0 Å². The Balaban J connectivity index is 2.18. The lowest BCUT2D eigenvalue weighted by Gasteiger charge is -2.14. The van der Waals surface area contributed by atoms with Gasteiger partial charge in [-0.25, -0.2) is 18.3 Å². The van der Waals surface area contributed by atoms with E-state index in [0.717, 1.165) is 30.7 Å². The molecule has 104 valence electrons. The van der Waals surface area contributed by atoms with Crippen LogP contribution >= 0.6 is 0 Å². The molecule has 0 radical (unpaired) electrons. The number of fused-ring (bicyclic) bond motifs is 1. The number of carboxylic acids is 1. The van der Waals surface area contributed by atoms with Gasteiger partial charge in [-0.15, -0.1) is 0 Å². The summed E-state index contributed by atoms with van der Waals surface area (Å²) in [6, 6.07) is 3.44. The zero-order valence-corrected chi connectivity index (χ0v) is 10.6. The molecule has 0 atom stereocenters. The van der Waals surface area contributed by atoms with Gasteiger partial charge in [0.15, 0.2) is 17.3 Å². The summed E-state index contributed by atoms with van der Waals surface area (Å²) in [6.07, 6.45) is 3.19. The third kappa shape index (κ3) is 1.97. The topological polar surface area (TPSA) is 55.1 Å². The minimum Gasteiger partial charge on any atom is -0.476 e. The van der Waals surface area contributed by atoms with Crippen LogP contribution in [0.25, 0.3) is 5.69 Å². The van der Waals surface area contributed by atoms with Crippen LogP contribution in [0.5, 0.6) is 0 Å². The van der Waals surface area contributed by atoms with E-state index in [9.17, 15) is 18.7 Å². The lowest BCUT2D eigenvalue weighted by atomic mass is 9.95. The van der Waals surface area contributed by atoms with Gasteiger partial charge in [-0.05, 0) is 37.8 Å². The molecule has 1 aliphatic rings. The number of hydrogen-bond acceptors (Lipinski definition) is 2. The van der Waals surface area contributed by atoms with Crippen LogP contribution in [0.1, 0.15) is 34.6 Å². The predicted molar refractivity (Wildman–Crippen MR) is 67.1 cm³/mol. The molecule has 4 nitrogen and oxygen atoms in total. The van der Waals surface area contributed by atoms with Gasteiger partial charge < -0.3 is 5.11 Å². The molecule has 1 aromatic carbocycles. The van der Waals surface area contributed by atoms with Crippen LogP contribution in [0.3, 0.4) is 0 Å². The molecule has 0 saturated carbocycles. The number of aromatic nitrogens is 2. The molecule has 1 aliphatic carbocycles. The molecular formula is C14H12F2N2O2. The molecule has 0 bridgehead atoms. The molecule has 20 heavy (non-hydrogen) atoms. The van der Waals surface area contributed by atoms with Crippen LogP contribution in [0.4, 0.5) is 8.78 Å². The number of aromatic carboxylic acids is 1. The average Bonchev–Trinajstić information content (AvgIpc) is 2.82. The Bertz CT molecular complexity index is 695. The van der Waals surface area contributed by atoms with Crippen molar-refractivity contribution in [2.24, 2.45) is 0 Å². The standard InChI is InChI=1S/C14H12F2N2O2/c15-10-6-5-8(7-11(10)16)18-12-4-2-1-3-9(12)13(17-18)14(19)20/h5-7H,1-4H2,(H,19,20). The van der Waals surface area contributed by atoms with E-state index in [0.29, 0.717) is 24.1 Å². The molecule has 3 rings (SSSR count). The molecular weight excluding hydrogens is 266 g/mol. The number of halogens is 2. The SMILES string of the molecule is O=C(O)c1nn(-c2ccc(F)c(F)c2)c2c1CCCC2. The number of rotatable bonds is 2. The van der Waals surface area contributed by atoms with Crippen LogP contribution in [-0.4, -0.2) is 20.9 Å². The van der Waals surface area contributed by atoms with Crippen molar-refractivity contribution < 1.29 is 18.7 Å². The van der Waals surface area contributed by atoms with Crippen LogP contribution in [0.2, 0.25) is 0 Å². The minimum absolute atomic E-state index is 0.00410. The molecule has 0 saturated heterocycles. The fourth-order valence-electron chi connectivity index (χ4n) is 2.60. The van der Waals surface area contributed by atoms with E-state index in [1.807, 2.05) is 0 Å². The number of hydrogen-bond donors (Lipinski definition) is 1. The first-order valence-corrected chi connectivity index (χ1v) is 6.37. The summed E-state index contributed by atoms with van der Waals surface area (Å²) in [5.74, 6) is -3.00. The second-order valence-corrected chi connectivity index (χ2v) is 4.80. The fraction of sp³-hybridized carbons (Fsp3) is 0.286. The molecule has 1 aromatic heterocycles. The van der Waals surface area contributed by atoms with Gasteiger partial charge in [0, 0.05) is 17.3 Å². The highest BCUT2D eigenvalue weighted by Gasteiger charge is 2.25. The van der Waals surface area contributed by atoms with Gasteiger partial charge in [0.25, 0.3) is 0 Å². The van der Waals surface area contributed by atoms with Crippen LogP contribution in [0.15, 0.2) is 18.2 Å². The van der Waals surface area contributed by atoms with Crippen molar-refractivity contribution in [1.82, 2.24) is 9.78 Å². The Morgan fingerprint density at radius 2 is 1.95 bits per heavy atom. The fourth-order valence-corrected chi connectivity index (χ4v) is 2.60. The van der Waals surface area contributed by atoms with Gasteiger partial charge in [0.2, 0.25) is 0 Å². The molecule has 1 N–H and O–H groups in total. The van der Waals surface area contributed by atoms with Crippen molar-refractivity contribution in [3.8, 4) is 5.69 Å². The van der Waals surface area contributed by atoms with Gasteiger partial charge in [0.05, 0.1) is 5.69 Å². The Hall–Kier alpha value is -2.24. The first-order valence-electron chi connectivity index (χ1n) is 6.37. The Kier molecular flexibility index (Phi) is 3.00. The van der Waals surface area contributed by atoms with E-state index in [2.05, 4.69) is 5.10 Å². The Labute approximate surface area is 113 Å². The zero-order valence-electron chi connectivity index (χ0n) is 10.6. The summed E-state index contributed by atoms with van der Waals surface area (Å²) in [4.78, 5) is 11.2. The molecule has 0 spiro atoms. The normalized spacial score (nSPS) is 14.1. The number of carbonyl (C=O) groups is 1. The molecule has 0 unspecified atom stereocenters. The van der Waals surface area contributed by atoms with Gasteiger partial charge in [-0.1, -0.05) is 0 Å². The van der Waals surface area contributed by atoms with Crippen molar-refractivity contribution in [3.05, 3.63) is 46.8 Å². The van der Waals surface area contributed by atoms with Gasteiger partial charge in [0.1, 0.15) is 0 Å². The highest BCUT2D eigenvalue weighted by molar-refractivity contribution is 5.87. The highest BCUT2D eigenvalue weighted by Crippen LogP contribution is 2.27. The third-order valence-electron chi connectivity index (χ3n) is 3.53. The van der Waals surface area contributed by atoms with Gasteiger partial charge >= 0.3 is 5.97 Å². The summed E-state index contributed by atoms with van der Waals surface area (Å²) < 4.78 is 27.7. The van der Waals surface area contributed by atoms with Crippen molar-refractivity contribution >= 4 is 5.97 Å². The maximum Gasteiger partial charge on any atom is 0.356 e. The van der Waals surface area contributed by atoms with Crippen molar-refractivity contribution in [2.75, 3.05) is 0 Å². The van der Waals surface area contributed by atoms with E-state index in [1.165, 1.54) is 10.7 Å². The summed E-state index contributed by atoms with van der Waals surface area (Å²) in [5, 5.41) is 13.3.